The first-order valence-corrected chi connectivity index (χ1v) is 12.0. The normalized spacial score (nSPS) is 23.8. The van der Waals surface area contributed by atoms with Crippen LogP contribution in [0.1, 0.15) is 61.8 Å². The number of fused-ring (bicyclic) bond motifs is 1. The van der Waals surface area contributed by atoms with Crippen molar-refractivity contribution in [3.8, 4) is 0 Å². The number of amides is 1. The number of pyridine rings is 1. The molecule has 2 aliphatic carbocycles. The molecule has 2 fully saturated rings. The maximum atomic E-state index is 13.3. The van der Waals surface area contributed by atoms with Crippen molar-refractivity contribution < 1.29 is 18.7 Å². The number of hydrogen-bond donors (Lipinski definition) is 4. The average molecular weight is 502 g/mol. The SMILES string of the molecule is CNc1cc(Nc2cccn(C3CC(F)(F)C3)c2=O)nc2c(C(=O)N[C@@H]3CCC[C@@](C)(O)C3)cnn12. The number of nitrogens with one attached hydrogen (secondary N) is 3. The molecule has 2 aliphatic rings. The molecule has 3 aromatic heterocycles. The first-order valence-electron chi connectivity index (χ1n) is 12.0. The summed E-state index contributed by atoms with van der Waals surface area (Å²) >= 11 is 0. The Kier molecular flexibility index (Phi) is 5.93. The van der Waals surface area contributed by atoms with Crippen molar-refractivity contribution in [3.05, 3.63) is 46.5 Å². The fraction of sp³-hybridized carbons (Fsp3) is 0.500. The second kappa shape index (κ2) is 8.84. The number of nitrogens with zero attached hydrogens (tertiary/aromatic N) is 4. The van der Waals surface area contributed by atoms with E-state index in [2.05, 4.69) is 26.0 Å². The highest BCUT2D eigenvalue weighted by molar-refractivity contribution is 6.00. The molecule has 4 N–H and O–H groups in total. The predicted octanol–water partition coefficient (Wildman–Crippen LogP) is 3.07. The number of anilines is 3. The summed E-state index contributed by atoms with van der Waals surface area (Å²) in [4.78, 5) is 30.6. The van der Waals surface area contributed by atoms with E-state index in [9.17, 15) is 23.5 Å². The van der Waals surface area contributed by atoms with Gasteiger partial charge in [-0.15, -0.1) is 0 Å². The molecular formula is C24H29F2N7O3. The summed E-state index contributed by atoms with van der Waals surface area (Å²) in [6, 6.07) is 4.09. The lowest BCUT2D eigenvalue weighted by Gasteiger charge is -2.36. The van der Waals surface area contributed by atoms with E-state index in [4.69, 9.17) is 0 Å². The van der Waals surface area contributed by atoms with Crippen molar-refractivity contribution in [1.82, 2.24) is 24.5 Å². The van der Waals surface area contributed by atoms with Crippen LogP contribution in [0.5, 0.6) is 0 Å². The van der Waals surface area contributed by atoms with Crippen LogP contribution >= 0.6 is 0 Å². The van der Waals surface area contributed by atoms with Crippen LogP contribution in [0.4, 0.5) is 26.1 Å². The number of aliphatic hydroxyl groups is 1. The van der Waals surface area contributed by atoms with Gasteiger partial charge in [-0.1, -0.05) is 0 Å². The summed E-state index contributed by atoms with van der Waals surface area (Å²) in [5, 5.41) is 23.6. The van der Waals surface area contributed by atoms with E-state index in [-0.39, 0.29) is 47.5 Å². The fourth-order valence-corrected chi connectivity index (χ4v) is 5.07. The highest BCUT2D eigenvalue weighted by Crippen LogP contribution is 2.44. The van der Waals surface area contributed by atoms with Crippen LogP contribution < -0.4 is 21.5 Å². The summed E-state index contributed by atoms with van der Waals surface area (Å²) < 4.78 is 29.5. The van der Waals surface area contributed by atoms with Gasteiger partial charge >= 0.3 is 0 Å². The van der Waals surface area contributed by atoms with Crippen LogP contribution in [-0.4, -0.2) is 54.8 Å². The Morgan fingerprint density at radius 2 is 2.06 bits per heavy atom. The van der Waals surface area contributed by atoms with Gasteiger partial charge in [0.15, 0.2) is 5.65 Å². The zero-order valence-corrected chi connectivity index (χ0v) is 20.1. The van der Waals surface area contributed by atoms with Crippen LogP contribution in [0.15, 0.2) is 35.4 Å². The fourth-order valence-electron chi connectivity index (χ4n) is 5.07. The molecular weight excluding hydrogens is 472 g/mol. The summed E-state index contributed by atoms with van der Waals surface area (Å²) in [7, 11) is 1.69. The Bertz CT molecular complexity index is 1360. The molecule has 36 heavy (non-hydrogen) atoms. The molecule has 192 valence electrons. The Labute approximate surface area is 205 Å². The minimum atomic E-state index is -2.74. The largest absolute Gasteiger partial charge is 0.390 e. The standard InChI is InChI=1S/C24H29F2N7O3/c1-23(36)7-3-5-14(10-23)29-21(34)16-13-28-33-19(27-2)9-18(31-20(16)33)30-17-6-4-8-32(22(17)35)15-11-24(25,26)12-15/h4,6,8-9,13-15,27,36H,3,5,7,10-12H2,1-2H3,(H,29,34)(H,30,31)/t14-,23-/m1/s1. The summed E-state index contributed by atoms with van der Waals surface area (Å²) in [5.41, 5.74) is -0.533. The Morgan fingerprint density at radius 1 is 1.28 bits per heavy atom. The monoisotopic (exact) mass is 501 g/mol. The van der Waals surface area contributed by atoms with Crippen molar-refractivity contribution in [3.63, 3.8) is 0 Å². The third-order valence-electron chi connectivity index (χ3n) is 6.96. The lowest BCUT2D eigenvalue weighted by molar-refractivity contribution is -0.104. The van der Waals surface area contributed by atoms with Crippen LogP contribution in [0.25, 0.3) is 5.65 Å². The molecule has 3 aromatic rings. The lowest BCUT2D eigenvalue weighted by atomic mass is 9.83. The molecule has 12 heteroatoms. The first-order chi connectivity index (χ1) is 17.0. The van der Waals surface area contributed by atoms with Gasteiger partial charge < -0.3 is 25.6 Å². The molecule has 0 saturated heterocycles. The summed E-state index contributed by atoms with van der Waals surface area (Å²) in [6.45, 7) is 1.77. The van der Waals surface area contributed by atoms with Crippen molar-refractivity contribution >= 4 is 28.9 Å². The number of rotatable bonds is 6. The van der Waals surface area contributed by atoms with Gasteiger partial charge in [-0.3, -0.25) is 9.59 Å². The molecule has 10 nitrogen and oxygen atoms in total. The number of aromatic nitrogens is 4. The third kappa shape index (κ3) is 4.64. The molecule has 1 amide bonds. The maximum absolute atomic E-state index is 13.3. The van der Waals surface area contributed by atoms with Gasteiger partial charge in [-0.2, -0.15) is 9.61 Å². The number of halogens is 2. The van der Waals surface area contributed by atoms with Crippen molar-refractivity contribution in [2.45, 2.75) is 69.1 Å². The average Bonchev–Trinajstić information content (AvgIpc) is 3.22. The topological polar surface area (TPSA) is 126 Å². The van der Waals surface area contributed by atoms with E-state index < -0.39 is 23.1 Å². The zero-order valence-electron chi connectivity index (χ0n) is 20.1. The van der Waals surface area contributed by atoms with Gasteiger partial charge in [-0.05, 0) is 44.7 Å². The minimum absolute atomic E-state index is 0.164. The summed E-state index contributed by atoms with van der Waals surface area (Å²) in [6.07, 6.45) is 4.95. The van der Waals surface area contributed by atoms with Gasteiger partial charge in [0.05, 0.1) is 11.8 Å². The van der Waals surface area contributed by atoms with Gasteiger partial charge in [0, 0.05) is 44.2 Å². The molecule has 0 aliphatic heterocycles. The van der Waals surface area contributed by atoms with Crippen molar-refractivity contribution in [2.75, 3.05) is 17.7 Å². The zero-order chi connectivity index (χ0) is 25.7. The summed E-state index contributed by atoms with van der Waals surface area (Å²) in [5.74, 6) is -2.28. The Morgan fingerprint density at radius 3 is 2.75 bits per heavy atom. The number of alkyl halides is 2. The van der Waals surface area contributed by atoms with Gasteiger partial charge in [0.1, 0.15) is 22.9 Å². The molecule has 3 heterocycles. The minimum Gasteiger partial charge on any atom is -0.390 e. The molecule has 0 unspecified atom stereocenters. The first kappa shape index (κ1) is 24.2. The number of carbonyl (C=O) groups excluding carboxylic acids is 1. The van der Waals surface area contributed by atoms with Crippen LogP contribution in [0.2, 0.25) is 0 Å². The maximum Gasteiger partial charge on any atom is 0.274 e. The molecule has 0 radical (unpaired) electrons. The van der Waals surface area contributed by atoms with E-state index in [0.29, 0.717) is 18.7 Å². The molecule has 2 atom stereocenters. The third-order valence-corrected chi connectivity index (χ3v) is 6.96. The Hall–Kier alpha value is -3.54. The van der Waals surface area contributed by atoms with Gasteiger partial charge in [0.2, 0.25) is 0 Å². The molecule has 0 aromatic carbocycles. The van der Waals surface area contributed by atoms with E-state index >= 15 is 0 Å². The highest BCUT2D eigenvalue weighted by atomic mass is 19.3. The smallest absolute Gasteiger partial charge is 0.274 e. The second-order valence-corrected chi connectivity index (χ2v) is 10.0. The molecule has 5 rings (SSSR count). The highest BCUT2D eigenvalue weighted by Gasteiger charge is 2.46. The van der Waals surface area contributed by atoms with E-state index in [1.165, 1.54) is 21.5 Å². The predicted molar refractivity (Wildman–Crippen MR) is 130 cm³/mol. The lowest BCUT2D eigenvalue weighted by Crippen LogP contribution is -2.44. The van der Waals surface area contributed by atoms with Gasteiger partial charge in [-0.25, -0.2) is 13.8 Å². The molecule has 2 saturated carbocycles. The van der Waals surface area contributed by atoms with Crippen molar-refractivity contribution in [2.24, 2.45) is 0 Å². The Balaban J connectivity index is 1.42. The van der Waals surface area contributed by atoms with Crippen LogP contribution in [0.3, 0.4) is 0 Å². The quantitative estimate of drug-likeness (QED) is 0.409. The van der Waals surface area contributed by atoms with E-state index in [0.717, 1.165) is 12.8 Å². The van der Waals surface area contributed by atoms with Crippen LogP contribution in [0, 0.1) is 0 Å². The van der Waals surface area contributed by atoms with E-state index in [1.807, 2.05) is 0 Å². The van der Waals surface area contributed by atoms with Crippen LogP contribution in [-0.2, 0) is 0 Å². The molecule has 0 bridgehead atoms. The van der Waals surface area contributed by atoms with Crippen molar-refractivity contribution in [1.29, 1.82) is 0 Å². The number of hydrogen-bond acceptors (Lipinski definition) is 7. The van der Waals surface area contributed by atoms with E-state index in [1.54, 1.807) is 32.2 Å². The molecule has 0 spiro atoms. The van der Waals surface area contributed by atoms with Gasteiger partial charge in [0.25, 0.3) is 17.4 Å². The number of carbonyl (C=O) groups is 1. The second-order valence-electron chi connectivity index (χ2n) is 10.0.